The Morgan fingerprint density at radius 3 is 2.47 bits per heavy atom. The third kappa shape index (κ3) is 3.85. The first-order chi connectivity index (χ1) is 7.68. The SMILES string of the molecule is Cl.N[C@H](c1ccc(Br)cc1Cl)C1CCCCC1. The lowest BCUT2D eigenvalue weighted by atomic mass is 9.81. The van der Waals surface area contributed by atoms with Crippen molar-refractivity contribution in [3.8, 4) is 0 Å². The molecule has 17 heavy (non-hydrogen) atoms. The van der Waals surface area contributed by atoms with Gasteiger partial charge in [0.15, 0.2) is 0 Å². The molecule has 1 saturated carbocycles. The highest BCUT2D eigenvalue weighted by atomic mass is 79.9. The lowest BCUT2D eigenvalue weighted by molar-refractivity contribution is 0.308. The van der Waals surface area contributed by atoms with Gasteiger partial charge in [0.1, 0.15) is 0 Å². The molecular weight excluding hydrogens is 321 g/mol. The molecule has 0 unspecified atom stereocenters. The molecule has 0 heterocycles. The van der Waals surface area contributed by atoms with E-state index in [4.69, 9.17) is 17.3 Å². The third-order valence-electron chi connectivity index (χ3n) is 3.48. The van der Waals surface area contributed by atoms with Crippen molar-refractivity contribution in [2.24, 2.45) is 11.7 Å². The van der Waals surface area contributed by atoms with Gasteiger partial charge in [0, 0.05) is 15.5 Å². The molecule has 96 valence electrons. The summed E-state index contributed by atoms with van der Waals surface area (Å²) in [5.41, 5.74) is 7.42. The molecule has 0 radical (unpaired) electrons. The average Bonchev–Trinajstić information content (AvgIpc) is 2.29. The Bertz CT molecular complexity index is 364. The van der Waals surface area contributed by atoms with Gasteiger partial charge in [-0.1, -0.05) is 52.9 Å². The molecule has 0 aliphatic heterocycles. The molecular formula is C13H18BrCl2N. The number of hydrogen-bond acceptors (Lipinski definition) is 1. The lowest BCUT2D eigenvalue weighted by Crippen LogP contribution is -2.23. The van der Waals surface area contributed by atoms with Gasteiger partial charge in [0.2, 0.25) is 0 Å². The van der Waals surface area contributed by atoms with E-state index in [1.54, 1.807) is 0 Å². The Labute approximate surface area is 123 Å². The lowest BCUT2D eigenvalue weighted by Gasteiger charge is -2.28. The maximum Gasteiger partial charge on any atom is 0.0465 e. The van der Waals surface area contributed by atoms with E-state index in [1.807, 2.05) is 18.2 Å². The molecule has 1 fully saturated rings. The molecule has 1 aromatic carbocycles. The summed E-state index contributed by atoms with van der Waals surface area (Å²) in [6, 6.07) is 6.09. The Kier molecular flexibility index (Phi) is 6.28. The predicted molar refractivity (Wildman–Crippen MR) is 79.9 cm³/mol. The minimum Gasteiger partial charge on any atom is -0.324 e. The summed E-state index contributed by atoms with van der Waals surface area (Å²) in [6.45, 7) is 0. The summed E-state index contributed by atoms with van der Waals surface area (Å²) in [5, 5.41) is 0.785. The molecule has 0 aromatic heterocycles. The fourth-order valence-corrected chi connectivity index (χ4v) is 3.32. The van der Waals surface area contributed by atoms with Crippen LogP contribution in [0.1, 0.15) is 43.7 Å². The van der Waals surface area contributed by atoms with Crippen LogP contribution in [0.5, 0.6) is 0 Å². The highest BCUT2D eigenvalue weighted by Crippen LogP contribution is 2.36. The molecule has 2 rings (SSSR count). The van der Waals surface area contributed by atoms with E-state index >= 15 is 0 Å². The van der Waals surface area contributed by atoms with Crippen LogP contribution >= 0.6 is 39.9 Å². The summed E-state index contributed by atoms with van der Waals surface area (Å²) < 4.78 is 1.01. The van der Waals surface area contributed by atoms with Crippen LogP contribution in [0.4, 0.5) is 0 Å². The van der Waals surface area contributed by atoms with Gasteiger partial charge in [-0.15, -0.1) is 12.4 Å². The minimum atomic E-state index is 0. The second kappa shape index (κ2) is 6.98. The van der Waals surface area contributed by atoms with Crippen LogP contribution in [0.2, 0.25) is 5.02 Å². The van der Waals surface area contributed by atoms with Crippen molar-refractivity contribution in [1.29, 1.82) is 0 Å². The van der Waals surface area contributed by atoms with Crippen molar-refractivity contribution in [3.05, 3.63) is 33.3 Å². The van der Waals surface area contributed by atoms with E-state index in [2.05, 4.69) is 15.9 Å². The standard InChI is InChI=1S/C13H17BrClN.ClH/c14-10-6-7-11(12(15)8-10)13(16)9-4-2-1-3-5-9;/h6-9,13H,1-5,16H2;1H/t13-;/m0./s1. The Morgan fingerprint density at radius 2 is 1.88 bits per heavy atom. The van der Waals surface area contributed by atoms with Crippen LogP contribution in [0.3, 0.4) is 0 Å². The fourth-order valence-electron chi connectivity index (χ4n) is 2.52. The van der Waals surface area contributed by atoms with E-state index in [0.29, 0.717) is 5.92 Å². The summed E-state index contributed by atoms with van der Waals surface area (Å²) in [4.78, 5) is 0. The molecule has 2 N–H and O–H groups in total. The molecule has 4 heteroatoms. The highest BCUT2D eigenvalue weighted by Gasteiger charge is 2.23. The quantitative estimate of drug-likeness (QED) is 0.797. The molecule has 1 atom stereocenters. The molecule has 0 saturated heterocycles. The molecule has 1 aliphatic carbocycles. The largest absolute Gasteiger partial charge is 0.324 e. The Hall–Kier alpha value is 0.240. The van der Waals surface area contributed by atoms with Crippen LogP contribution in [-0.2, 0) is 0 Å². The molecule has 0 spiro atoms. The monoisotopic (exact) mass is 337 g/mol. The fraction of sp³-hybridized carbons (Fsp3) is 0.538. The molecule has 1 aliphatic rings. The summed E-state index contributed by atoms with van der Waals surface area (Å²) in [6.07, 6.45) is 6.47. The molecule has 1 aromatic rings. The normalized spacial score (nSPS) is 18.5. The second-order valence-corrected chi connectivity index (χ2v) is 5.91. The molecule has 1 nitrogen and oxygen atoms in total. The van der Waals surface area contributed by atoms with Crippen LogP contribution in [0.25, 0.3) is 0 Å². The smallest absolute Gasteiger partial charge is 0.0465 e. The van der Waals surface area contributed by atoms with Crippen LogP contribution < -0.4 is 5.73 Å². The van der Waals surface area contributed by atoms with E-state index in [1.165, 1.54) is 32.1 Å². The Morgan fingerprint density at radius 1 is 1.24 bits per heavy atom. The zero-order valence-corrected chi connectivity index (χ0v) is 12.8. The predicted octanol–water partition coefficient (Wildman–Crippen LogP) is 5.10. The van der Waals surface area contributed by atoms with Crippen molar-refractivity contribution in [1.82, 2.24) is 0 Å². The number of hydrogen-bond donors (Lipinski definition) is 1. The summed E-state index contributed by atoms with van der Waals surface area (Å²) in [5.74, 6) is 0.604. The first kappa shape index (κ1) is 15.3. The van der Waals surface area contributed by atoms with Crippen LogP contribution in [-0.4, -0.2) is 0 Å². The number of nitrogens with two attached hydrogens (primary N) is 1. The number of halogens is 3. The van der Waals surface area contributed by atoms with Gasteiger partial charge in [-0.3, -0.25) is 0 Å². The van der Waals surface area contributed by atoms with Crippen molar-refractivity contribution in [3.63, 3.8) is 0 Å². The minimum absolute atomic E-state index is 0. The average molecular weight is 339 g/mol. The van der Waals surface area contributed by atoms with Crippen LogP contribution in [0, 0.1) is 5.92 Å². The van der Waals surface area contributed by atoms with Gasteiger partial charge in [0.05, 0.1) is 0 Å². The van der Waals surface area contributed by atoms with Gasteiger partial charge in [-0.2, -0.15) is 0 Å². The maximum atomic E-state index is 6.32. The first-order valence-electron chi connectivity index (χ1n) is 5.89. The van der Waals surface area contributed by atoms with E-state index in [9.17, 15) is 0 Å². The third-order valence-corrected chi connectivity index (χ3v) is 4.30. The van der Waals surface area contributed by atoms with Gasteiger partial charge in [0.25, 0.3) is 0 Å². The highest BCUT2D eigenvalue weighted by molar-refractivity contribution is 9.10. The van der Waals surface area contributed by atoms with Crippen molar-refractivity contribution in [2.45, 2.75) is 38.1 Å². The topological polar surface area (TPSA) is 26.0 Å². The summed E-state index contributed by atoms with van der Waals surface area (Å²) >= 11 is 9.65. The van der Waals surface area contributed by atoms with E-state index in [-0.39, 0.29) is 18.4 Å². The summed E-state index contributed by atoms with van der Waals surface area (Å²) in [7, 11) is 0. The first-order valence-corrected chi connectivity index (χ1v) is 7.06. The zero-order chi connectivity index (χ0) is 11.5. The molecule has 0 amide bonds. The van der Waals surface area contributed by atoms with Gasteiger partial charge in [-0.05, 0) is 36.5 Å². The van der Waals surface area contributed by atoms with Crippen molar-refractivity contribution < 1.29 is 0 Å². The van der Waals surface area contributed by atoms with Crippen molar-refractivity contribution in [2.75, 3.05) is 0 Å². The van der Waals surface area contributed by atoms with Gasteiger partial charge < -0.3 is 5.73 Å². The van der Waals surface area contributed by atoms with E-state index in [0.717, 1.165) is 15.1 Å². The second-order valence-electron chi connectivity index (χ2n) is 4.59. The number of benzene rings is 1. The number of rotatable bonds is 2. The van der Waals surface area contributed by atoms with Gasteiger partial charge >= 0.3 is 0 Å². The van der Waals surface area contributed by atoms with E-state index < -0.39 is 0 Å². The maximum absolute atomic E-state index is 6.32. The Balaban J connectivity index is 0.00000144. The van der Waals surface area contributed by atoms with Crippen molar-refractivity contribution >= 4 is 39.9 Å². The molecule has 0 bridgehead atoms. The van der Waals surface area contributed by atoms with Gasteiger partial charge in [-0.25, -0.2) is 0 Å². The van der Waals surface area contributed by atoms with Crippen LogP contribution in [0.15, 0.2) is 22.7 Å². The zero-order valence-electron chi connectivity index (χ0n) is 9.66.